The van der Waals surface area contributed by atoms with Gasteiger partial charge in [0.05, 0.1) is 5.57 Å². The number of rotatable bonds is 3. The van der Waals surface area contributed by atoms with Gasteiger partial charge in [0, 0.05) is 31.2 Å². The number of hydrogen-bond donors (Lipinski definition) is 1. The van der Waals surface area contributed by atoms with E-state index >= 15 is 0 Å². The van der Waals surface area contributed by atoms with E-state index in [1.807, 2.05) is 19.9 Å². The van der Waals surface area contributed by atoms with E-state index in [-0.39, 0.29) is 56.7 Å². The van der Waals surface area contributed by atoms with Crippen LogP contribution < -0.4 is 5.32 Å². The fourth-order valence-corrected chi connectivity index (χ4v) is 11.6. The third kappa shape index (κ3) is 3.64. The van der Waals surface area contributed by atoms with Gasteiger partial charge >= 0.3 is 0 Å². The summed E-state index contributed by atoms with van der Waals surface area (Å²) in [4.78, 5) is 40.3. The van der Waals surface area contributed by atoms with Crippen molar-refractivity contribution in [1.82, 2.24) is 5.32 Å². The Morgan fingerprint density at radius 1 is 1.00 bits per heavy atom. The molecular formula is C34H50N2O3. The Morgan fingerprint density at radius 3 is 2.33 bits per heavy atom. The summed E-state index contributed by atoms with van der Waals surface area (Å²) in [6.45, 7) is 15.9. The molecule has 5 aliphatic rings. The molecule has 214 valence electrons. The van der Waals surface area contributed by atoms with Crippen molar-refractivity contribution in [2.75, 3.05) is 7.05 Å². The number of amides is 1. The van der Waals surface area contributed by atoms with Gasteiger partial charge in [-0.05, 0) is 96.2 Å². The first-order valence-corrected chi connectivity index (χ1v) is 15.5. The van der Waals surface area contributed by atoms with Crippen molar-refractivity contribution in [3.8, 4) is 6.07 Å². The summed E-state index contributed by atoms with van der Waals surface area (Å²) in [5, 5.41) is 12.8. The van der Waals surface area contributed by atoms with Gasteiger partial charge < -0.3 is 5.32 Å². The molecule has 0 spiro atoms. The Labute approximate surface area is 235 Å². The van der Waals surface area contributed by atoms with Gasteiger partial charge in [0.2, 0.25) is 5.91 Å². The molecule has 1 amide bonds. The minimum absolute atomic E-state index is 0.00716. The van der Waals surface area contributed by atoms with Crippen LogP contribution >= 0.6 is 0 Å². The number of nitrogens with one attached hydrogen (secondary N) is 1. The first kappa shape index (κ1) is 28.6. The second kappa shape index (κ2) is 9.02. The normalized spacial score (nSPS) is 48.4. The fraction of sp³-hybridized carbons (Fsp3) is 0.824. The van der Waals surface area contributed by atoms with Gasteiger partial charge in [-0.15, -0.1) is 0 Å². The van der Waals surface area contributed by atoms with E-state index in [1.54, 1.807) is 7.05 Å². The predicted octanol–water partition coefficient (Wildman–Crippen LogP) is 6.67. The minimum atomic E-state index is -0.606. The molecule has 0 radical (unpaired) electrons. The lowest BCUT2D eigenvalue weighted by Crippen LogP contribution is -2.69. The smallest absolute Gasteiger partial charge is 0.219 e. The monoisotopic (exact) mass is 534 g/mol. The van der Waals surface area contributed by atoms with E-state index in [9.17, 15) is 19.6 Å². The molecule has 0 bridgehead atoms. The molecule has 0 saturated heterocycles. The summed E-state index contributed by atoms with van der Waals surface area (Å²) < 4.78 is 0. The number of Topliss-reactive ketones (excluding diaryl/α,β-unsaturated/α-hetero) is 2. The molecule has 5 aliphatic carbocycles. The third-order valence-electron chi connectivity index (χ3n) is 14.1. The number of ketones is 2. The van der Waals surface area contributed by atoms with Crippen LogP contribution in [0.3, 0.4) is 0 Å². The average molecular weight is 535 g/mol. The van der Waals surface area contributed by atoms with Gasteiger partial charge in [0.15, 0.2) is 5.78 Å². The number of allylic oxidation sites excluding steroid dienone is 2. The van der Waals surface area contributed by atoms with Gasteiger partial charge in [-0.1, -0.05) is 54.5 Å². The first-order chi connectivity index (χ1) is 18.1. The van der Waals surface area contributed by atoms with Crippen molar-refractivity contribution < 1.29 is 14.4 Å². The molecule has 4 fully saturated rings. The van der Waals surface area contributed by atoms with Crippen LogP contribution in [0.25, 0.3) is 0 Å². The zero-order chi connectivity index (χ0) is 28.8. The summed E-state index contributed by atoms with van der Waals surface area (Å²) in [6, 6.07) is 2.23. The van der Waals surface area contributed by atoms with E-state index in [0.29, 0.717) is 36.4 Å². The summed E-state index contributed by atoms with van der Waals surface area (Å²) in [5.74, 6) is 2.04. The topological polar surface area (TPSA) is 87.0 Å². The van der Waals surface area contributed by atoms with Crippen molar-refractivity contribution in [1.29, 1.82) is 5.26 Å². The van der Waals surface area contributed by atoms with Crippen LogP contribution in [0.4, 0.5) is 0 Å². The molecule has 1 N–H and O–H groups in total. The van der Waals surface area contributed by atoms with E-state index in [0.717, 1.165) is 38.5 Å². The van der Waals surface area contributed by atoms with Crippen LogP contribution in [-0.2, 0) is 14.4 Å². The van der Waals surface area contributed by atoms with Crippen molar-refractivity contribution in [2.24, 2.45) is 62.6 Å². The summed E-state index contributed by atoms with van der Waals surface area (Å²) >= 11 is 0. The maximum absolute atomic E-state index is 14.6. The molecule has 0 unspecified atom stereocenters. The predicted molar refractivity (Wildman–Crippen MR) is 152 cm³/mol. The SMILES string of the molecule is CNC(=O)CC[C@]12CC[C@@H](C)[C@H](C)[C@H]1[C@H]1C(=O)C[C@@H]3[C@@]4(C)C=C(C#N)C(=O)C(C)(C)[C@@H]4CC[C@@]3(C)[C@]1(C)CC2. The fourth-order valence-electron chi connectivity index (χ4n) is 11.6. The highest BCUT2D eigenvalue weighted by molar-refractivity contribution is 6.04. The molecule has 5 rings (SSSR count). The second-order valence-corrected chi connectivity index (χ2v) is 15.6. The third-order valence-corrected chi connectivity index (χ3v) is 14.1. The van der Waals surface area contributed by atoms with E-state index < -0.39 is 5.41 Å². The summed E-state index contributed by atoms with van der Waals surface area (Å²) in [7, 11) is 1.72. The van der Waals surface area contributed by atoms with Crippen LogP contribution in [0, 0.1) is 73.9 Å². The van der Waals surface area contributed by atoms with Crippen molar-refractivity contribution in [3.05, 3.63) is 11.6 Å². The van der Waals surface area contributed by atoms with E-state index in [1.165, 1.54) is 6.42 Å². The molecular weight excluding hydrogens is 484 g/mol. The number of hydrogen-bond acceptors (Lipinski definition) is 4. The standard InChI is InChI=1S/C34H50N2O3/c1-20-9-13-34(14-11-26(38)36-8)16-15-33(7)28(27(34)21(20)2)23(37)17-25-31(5)18-22(19-35)29(39)30(3,4)24(31)10-12-32(25,33)6/h18,20-21,24-25,27-28H,9-17H2,1-8H3,(H,36,38)/t20-,21+,24+,25-,27+,28-,31+,32-,33-,34+/m1/s1. The van der Waals surface area contributed by atoms with Crippen molar-refractivity contribution >= 4 is 17.5 Å². The molecule has 0 aromatic heterocycles. The maximum Gasteiger partial charge on any atom is 0.219 e. The Balaban J connectivity index is 1.60. The Morgan fingerprint density at radius 2 is 1.69 bits per heavy atom. The molecule has 0 aliphatic heterocycles. The highest BCUT2D eigenvalue weighted by Crippen LogP contribution is 2.76. The van der Waals surface area contributed by atoms with Crippen LogP contribution in [-0.4, -0.2) is 24.5 Å². The van der Waals surface area contributed by atoms with E-state index in [2.05, 4.69) is 46.0 Å². The van der Waals surface area contributed by atoms with Crippen LogP contribution in [0.15, 0.2) is 11.6 Å². The van der Waals surface area contributed by atoms with Crippen LogP contribution in [0.5, 0.6) is 0 Å². The number of nitriles is 1. The van der Waals surface area contributed by atoms with Gasteiger partial charge in [-0.2, -0.15) is 5.26 Å². The van der Waals surface area contributed by atoms with Crippen LogP contribution in [0.1, 0.15) is 106 Å². The van der Waals surface area contributed by atoms with E-state index in [4.69, 9.17) is 0 Å². The highest BCUT2D eigenvalue weighted by Gasteiger charge is 2.72. The Hall–Kier alpha value is -1.96. The molecule has 5 nitrogen and oxygen atoms in total. The van der Waals surface area contributed by atoms with Gasteiger partial charge in [0.25, 0.3) is 0 Å². The highest BCUT2D eigenvalue weighted by atomic mass is 16.1. The quantitative estimate of drug-likeness (QED) is 0.438. The molecule has 39 heavy (non-hydrogen) atoms. The largest absolute Gasteiger partial charge is 0.359 e. The summed E-state index contributed by atoms with van der Waals surface area (Å²) in [5.41, 5.74) is -0.828. The number of carbonyl (C=O) groups is 3. The summed E-state index contributed by atoms with van der Waals surface area (Å²) in [6.07, 6.45) is 10.3. The maximum atomic E-state index is 14.6. The van der Waals surface area contributed by atoms with Crippen LogP contribution in [0.2, 0.25) is 0 Å². The van der Waals surface area contributed by atoms with Gasteiger partial charge in [-0.25, -0.2) is 0 Å². The lowest BCUT2D eigenvalue weighted by atomic mass is 9.31. The molecule has 10 atom stereocenters. The van der Waals surface area contributed by atoms with Gasteiger partial charge in [0.1, 0.15) is 11.9 Å². The molecule has 5 heteroatoms. The van der Waals surface area contributed by atoms with Gasteiger partial charge in [-0.3, -0.25) is 14.4 Å². The lowest BCUT2D eigenvalue weighted by molar-refractivity contribution is -0.227. The molecule has 4 saturated carbocycles. The lowest BCUT2D eigenvalue weighted by Gasteiger charge is -2.72. The number of fused-ring (bicyclic) bond motifs is 7. The zero-order valence-corrected chi connectivity index (χ0v) is 25.6. The molecule has 0 aromatic carbocycles. The molecule has 0 aromatic rings. The first-order valence-electron chi connectivity index (χ1n) is 15.5. The Bertz CT molecular complexity index is 1160. The average Bonchev–Trinajstić information content (AvgIpc) is 2.89. The second-order valence-electron chi connectivity index (χ2n) is 15.6. The molecule has 0 heterocycles. The number of nitrogens with zero attached hydrogens (tertiary/aromatic N) is 1. The minimum Gasteiger partial charge on any atom is -0.359 e. The number of carbonyl (C=O) groups excluding carboxylic acids is 3. The Kier molecular flexibility index (Phi) is 6.61. The zero-order valence-electron chi connectivity index (χ0n) is 25.6. The van der Waals surface area contributed by atoms with Crippen molar-refractivity contribution in [3.63, 3.8) is 0 Å². The van der Waals surface area contributed by atoms with Crippen molar-refractivity contribution in [2.45, 2.75) is 106 Å².